The zero-order valence-corrected chi connectivity index (χ0v) is 23.9. The fourth-order valence-corrected chi connectivity index (χ4v) is 4.38. The van der Waals surface area contributed by atoms with Gasteiger partial charge in [-0.15, -0.1) is 0 Å². The van der Waals surface area contributed by atoms with Crippen LogP contribution in [0.2, 0.25) is 0 Å². The summed E-state index contributed by atoms with van der Waals surface area (Å²) in [6.07, 6.45) is 1.66. The summed E-state index contributed by atoms with van der Waals surface area (Å²) in [7, 11) is 3.14. The molecule has 8 heteroatoms. The van der Waals surface area contributed by atoms with Gasteiger partial charge in [0.1, 0.15) is 5.75 Å². The van der Waals surface area contributed by atoms with Crippen LogP contribution in [0.1, 0.15) is 59.5 Å². The lowest BCUT2D eigenvalue weighted by molar-refractivity contribution is 0.101. The Morgan fingerprint density at radius 1 is 1.00 bits per heavy atom. The quantitative estimate of drug-likeness (QED) is 0.269. The van der Waals surface area contributed by atoms with Crippen LogP contribution >= 0.6 is 0 Å². The first-order valence-electron chi connectivity index (χ1n) is 12.9. The van der Waals surface area contributed by atoms with Gasteiger partial charge >= 0.3 is 0 Å². The van der Waals surface area contributed by atoms with Gasteiger partial charge in [-0.05, 0) is 60.7 Å². The summed E-state index contributed by atoms with van der Waals surface area (Å²) in [4.78, 5) is 42.4. The average Bonchev–Trinajstić information content (AvgIpc) is 2.91. The number of rotatable bonds is 7. The molecular formula is C32H34N4O4. The number of ketones is 1. The van der Waals surface area contributed by atoms with Crippen molar-refractivity contribution < 1.29 is 14.3 Å². The Morgan fingerprint density at radius 3 is 2.33 bits per heavy atom. The van der Waals surface area contributed by atoms with Crippen molar-refractivity contribution in [2.24, 2.45) is 7.05 Å². The van der Waals surface area contributed by atoms with E-state index in [1.165, 1.54) is 18.6 Å². The van der Waals surface area contributed by atoms with Crippen LogP contribution < -0.4 is 20.9 Å². The summed E-state index contributed by atoms with van der Waals surface area (Å²) in [6.45, 7) is 9.76. The fourth-order valence-electron chi connectivity index (χ4n) is 4.38. The van der Waals surface area contributed by atoms with Crippen LogP contribution in [0.3, 0.4) is 0 Å². The highest BCUT2D eigenvalue weighted by molar-refractivity contribution is 6.05. The van der Waals surface area contributed by atoms with Crippen LogP contribution in [0.5, 0.6) is 5.75 Å². The van der Waals surface area contributed by atoms with Crippen LogP contribution in [0.4, 0.5) is 17.2 Å². The predicted molar refractivity (Wildman–Crippen MR) is 159 cm³/mol. The first-order chi connectivity index (χ1) is 18.9. The third-order valence-corrected chi connectivity index (χ3v) is 6.79. The summed E-state index contributed by atoms with van der Waals surface area (Å²) in [6, 6.07) is 18.2. The maximum Gasteiger partial charge on any atom is 0.293 e. The number of amides is 1. The van der Waals surface area contributed by atoms with Gasteiger partial charge in [-0.1, -0.05) is 45.0 Å². The van der Waals surface area contributed by atoms with Crippen molar-refractivity contribution in [1.29, 1.82) is 0 Å². The monoisotopic (exact) mass is 538 g/mol. The van der Waals surface area contributed by atoms with Crippen molar-refractivity contribution in [3.8, 4) is 17.0 Å². The van der Waals surface area contributed by atoms with E-state index in [1.54, 1.807) is 31.4 Å². The molecule has 8 nitrogen and oxygen atoms in total. The number of methoxy groups -OCH3 is 1. The molecule has 3 aromatic carbocycles. The number of carbonyl (C=O) groups is 2. The lowest BCUT2D eigenvalue weighted by Gasteiger charge is -2.19. The van der Waals surface area contributed by atoms with E-state index in [1.807, 2.05) is 49.4 Å². The van der Waals surface area contributed by atoms with Crippen molar-refractivity contribution in [3.63, 3.8) is 0 Å². The molecule has 0 aliphatic heterocycles. The van der Waals surface area contributed by atoms with Crippen LogP contribution in [0.15, 0.2) is 71.7 Å². The van der Waals surface area contributed by atoms with E-state index in [4.69, 9.17) is 4.74 Å². The number of nitrogens with zero attached hydrogens (tertiary/aromatic N) is 2. The SMILES string of the molecule is COc1cc(Nc2nc(-c3cccc(NC(=O)c4ccc(C(C)(C)C)cc4)c3C)cn(C)c2=O)ccc1C(C)=O. The highest BCUT2D eigenvalue weighted by Gasteiger charge is 2.17. The topological polar surface area (TPSA) is 102 Å². The van der Waals surface area contributed by atoms with Gasteiger partial charge < -0.3 is 19.9 Å². The Kier molecular flexibility index (Phi) is 7.91. The number of aromatic nitrogens is 2. The highest BCUT2D eigenvalue weighted by Crippen LogP contribution is 2.30. The van der Waals surface area contributed by atoms with E-state index in [0.29, 0.717) is 33.9 Å². The number of ether oxygens (including phenoxy) is 1. The molecule has 4 aromatic rings. The summed E-state index contributed by atoms with van der Waals surface area (Å²) in [5.74, 6) is 0.187. The first kappa shape index (κ1) is 28.3. The largest absolute Gasteiger partial charge is 0.496 e. The van der Waals surface area contributed by atoms with Crippen LogP contribution in [-0.4, -0.2) is 28.4 Å². The second kappa shape index (κ2) is 11.2. The van der Waals surface area contributed by atoms with Crippen LogP contribution in [-0.2, 0) is 12.5 Å². The van der Waals surface area contributed by atoms with E-state index in [9.17, 15) is 14.4 Å². The molecule has 0 aliphatic carbocycles. The molecule has 0 radical (unpaired) electrons. The number of nitrogens with one attached hydrogen (secondary N) is 2. The van der Waals surface area contributed by atoms with Crippen molar-refractivity contribution in [2.75, 3.05) is 17.7 Å². The molecule has 0 fully saturated rings. The van der Waals surface area contributed by atoms with Gasteiger partial charge in [0.25, 0.3) is 11.5 Å². The minimum atomic E-state index is -0.320. The van der Waals surface area contributed by atoms with Crippen molar-refractivity contribution in [3.05, 3.63) is 99.5 Å². The third-order valence-electron chi connectivity index (χ3n) is 6.79. The van der Waals surface area contributed by atoms with Crippen LogP contribution in [0, 0.1) is 6.92 Å². The van der Waals surface area contributed by atoms with Gasteiger partial charge in [0.05, 0.1) is 18.4 Å². The number of hydrogen-bond acceptors (Lipinski definition) is 6. The second-order valence-electron chi connectivity index (χ2n) is 10.7. The lowest BCUT2D eigenvalue weighted by atomic mass is 9.86. The predicted octanol–water partition coefficient (Wildman–Crippen LogP) is 6.26. The molecule has 0 saturated carbocycles. The molecule has 40 heavy (non-hydrogen) atoms. The summed E-state index contributed by atoms with van der Waals surface area (Å²) in [5.41, 5.74) is 5.19. The number of aryl methyl sites for hydroxylation is 1. The minimum Gasteiger partial charge on any atom is -0.496 e. The summed E-state index contributed by atoms with van der Waals surface area (Å²) < 4.78 is 6.80. The minimum absolute atomic E-state index is 0.000486. The van der Waals surface area contributed by atoms with Gasteiger partial charge in [0.2, 0.25) is 0 Å². The molecule has 0 aliphatic rings. The third kappa shape index (κ3) is 5.96. The van der Waals surface area contributed by atoms with E-state index >= 15 is 0 Å². The van der Waals surface area contributed by atoms with E-state index in [-0.39, 0.29) is 28.5 Å². The summed E-state index contributed by atoms with van der Waals surface area (Å²) in [5, 5.41) is 6.07. The molecule has 0 saturated heterocycles. The normalized spacial score (nSPS) is 11.2. The Balaban J connectivity index is 1.64. The van der Waals surface area contributed by atoms with Gasteiger partial charge in [-0.25, -0.2) is 4.98 Å². The number of anilines is 3. The molecule has 1 aromatic heterocycles. The maximum absolute atomic E-state index is 13.0. The fraction of sp³-hybridized carbons (Fsp3) is 0.250. The second-order valence-corrected chi connectivity index (χ2v) is 10.7. The number of Topliss-reactive ketones (excluding diaryl/α,β-unsaturated/α-hetero) is 1. The van der Waals surface area contributed by atoms with E-state index < -0.39 is 0 Å². The van der Waals surface area contributed by atoms with Crippen molar-refractivity contribution in [2.45, 2.75) is 40.0 Å². The van der Waals surface area contributed by atoms with Crippen molar-refractivity contribution >= 4 is 28.9 Å². The van der Waals surface area contributed by atoms with Crippen molar-refractivity contribution in [1.82, 2.24) is 9.55 Å². The average molecular weight is 539 g/mol. The first-order valence-corrected chi connectivity index (χ1v) is 12.9. The Bertz CT molecular complexity index is 1650. The van der Waals surface area contributed by atoms with E-state index in [0.717, 1.165) is 16.7 Å². The smallest absolute Gasteiger partial charge is 0.293 e. The molecule has 4 rings (SSSR count). The van der Waals surface area contributed by atoms with Gasteiger partial charge in [0.15, 0.2) is 11.6 Å². The molecule has 0 spiro atoms. The van der Waals surface area contributed by atoms with Crippen LogP contribution in [0.25, 0.3) is 11.3 Å². The molecule has 0 unspecified atom stereocenters. The molecule has 206 valence electrons. The molecular weight excluding hydrogens is 504 g/mol. The number of benzene rings is 3. The summed E-state index contributed by atoms with van der Waals surface area (Å²) >= 11 is 0. The molecule has 1 amide bonds. The van der Waals surface area contributed by atoms with Gasteiger partial charge in [-0.3, -0.25) is 14.4 Å². The Morgan fingerprint density at radius 2 is 1.70 bits per heavy atom. The molecule has 0 atom stereocenters. The van der Waals surface area contributed by atoms with Gasteiger partial charge in [-0.2, -0.15) is 0 Å². The Labute approximate surface area is 234 Å². The molecule has 1 heterocycles. The zero-order chi connectivity index (χ0) is 29.2. The zero-order valence-electron chi connectivity index (χ0n) is 23.9. The van der Waals surface area contributed by atoms with E-state index in [2.05, 4.69) is 36.4 Å². The standard InChI is InChI=1S/C32H34N4O4/c1-19-24(9-8-10-26(19)35-30(38)21-11-13-22(14-12-21)32(3,4)5)27-18-36(6)31(39)29(34-27)33-23-15-16-25(20(2)37)28(17-23)40-7/h8-18H,1-7H3,(H,33,34)(H,35,38). The molecule has 2 N–H and O–H groups in total. The number of carbonyl (C=O) groups excluding carboxylic acids is 2. The van der Waals surface area contributed by atoms with Gasteiger partial charge in [0, 0.05) is 41.8 Å². The number of hydrogen-bond donors (Lipinski definition) is 2. The molecule has 0 bridgehead atoms. The Hall–Kier alpha value is -4.72. The maximum atomic E-state index is 13.0. The highest BCUT2D eigenvalue weighted by atomic mass is 16.5. The lowest BCUT2D eigenvalue weighted by Crippen LogP contribution is -2.21.